The average Bonchev–Trinajstić information content (AvgIpc) is 2.91. The van der Waals surface area contributed by atoms with Crippen LogP contribution in [-0.4, -0.2) is 37.2 Å². The lowest BCUT2D eigenvalue weighted by Crippen LogP contribution is -2.63. The van der Waals surface area contributed by atoms with Gasteiger partial charge in [-0.3, -0.25) is 0 Å². The molecule has 0 aromatic carbocycles. The molecule has 0 aliphatic heterocycles. The van der Waals surface area contributed by atoms with Gasteiger partial charge in [0.15, 0.2) is 0 Å². The molecule has 5 nitrogen and oxygen atoms in total. The van der Waals surface area contributed by atoms with Crippen LogP contribution >= 0.6 is 0 Å². The number of hydrogen-bond donors (Lipinski definition) is 3. The molecule has 3 saturated carbocycles. The van der Waals surface area contributed by atoms with Crippen molar-refractivity contribution >= 4 is 0 Å². The Kier molecular flexibility index (Phi) is 3.92. The van der Waals surface area contributed by atoms with Gasteiger partial charge in [-0.1, -0.05) is 25.5 Å². The van der Waals surface area contributed by atoms with Gasteiger partial charge in [0, 0.05) is 17.2 Å². The molecule has 3 fully saturated rings. The maximum atomic E-state index is 12.2. The van der Waals surface area contributed by atoms with Gasteiger partial charge in [0.25, 0.3) is 0 Å². The second-order valence-electron chi connectivity index (χ2n) is 10.3. The van der Waals surface area contributed by atoms with Gasteiger partial charge < -0.3 is 15.3 Å². The standard InChI is InChI=1S/C23H32N2O3/c1-20-8-5-17(26)13-15(20)3-4-19-18(20)6-9-21(2)22(27,10-11-23(19,21)28)16-7-12-24-25-14-16/h7,12-14,17-19,26-28H,3-6,8-11H2,1-2H3/t17?,18-,19-,20+,21-,22?,23-/m1/s1. The molecule has 4 aliphatic rings. The number of aliphatic hydroxyl groups is 3. The average molecular weight is 385 g/mol. The number of allylic oxidation sites excluding steroid dienone is 1. The van der Waals surface area contributed by atoms with E-state index in [-0.39, 0.29) is 17.4 Å². The largest absolute Gasteiger partial charge is 0.389 e. The number of aliphatic hydroxyl groups excluding tert-OH is 1. The van der Waals surface area contributed by atoms with Crippen LogP contribution in [0.4, 0.5) is 0 Å². The fourth-order valence-electron chi connectivity index (χ4n) is 7.70. The molecule has 0 amide bonds. The van der Waals surface area contributed by atoms with Crippen LogP contribution in [-0.2, 0) is 5.60 Å². The second kappa shape index (κ2) is 5.87. The van der Waals surface area contributed by atoms with Gasteiger partial charge in [0.05, 0.1) is 23.5 Å². The van der Waals surface area contributed by atoms with E-state index in [0.29, 0.717) is 18.8 Å². The minimum absolute atomic E-state index is 0.0676. The zero-order valence-electron chi connectivity index (χ0n) is 16.9. The molecule has 1 aromatic heterocycles. The van der Waals surface area contributed by atoms with Crippen LogP contribution in [0.1, 0.15) is 70.8 Å². The van der Waals surface area contributed by atoms with Crippen LogP contribution in [0.15, 0.2) is 30.1 Å². The highest BCUT2D eigenvalue weighted by Crippen LogP contribution is 2.71. The highest BCUT2D eigenvalue weighted by Gasteiger charge is 2.71. The van der Waals surface area contributed by atoms with Crippen molar-refractivity contribution in [3.05, 3.63) is 35.7 Å². The first-order chi connectivity index (χ1) is 13.2. The summed E-state index contributed by atoms with van der Waals surface area (Å²) in [5.41, 5.74) is -0.288. The molecule has 4 aliphatic carbocycles. The highest BCUT2D eigenvalue weighted by atomic mass is 16.3. The smallest absolute Gasteiger partial charge is 0.0994 e. The Morgan fingerprint density at radius 2 is 1.79 bits per heavy atom. The summed E-state index contributed by atoms with van der Waals surface area (Å²) in [6.45, 7) is 4.44. The quantitative estimate of drug-likeness (QED) is 0.648. The molecule has 0 saturated heterocycles. The third kappa shape index (κ3) is 2.13. The maximum Gasteiger partial charge on any atom is 0.0994 e. The van der Waals surface area contributed by atoms with Gasteiger partial charge in [-0.25, -0.2) is 0 Å². The van der Waals surface area contributed by atoms with Gasteiger partial charge in [-0.15, -0.1) is 0 Å². The highest BCUT2D eigenvalue weighted by molar-refractivity contribution is 5.33. The Bertz CT molecular complexity index is 813. The predicted octanol–water partition coefficient (Wildman–Crippen LogP) is 3.10. The lowest BCUT2D eigenvalue weighted by molar-refractivity contribution is -0.221. The summed E-state index contributed by atoms with van der Waals surface area (Å²) in [5, 5.41) is 42.0. The van der Waals surface area contributed by atoms with Crippen molar-refractivity contribution in [2.45, 2.75) is 82.5 Å². The van der Waals surface area contributed by atoms with Gasteiger partial charge in [0.2, 0.25) is 0 Å². The molecule has 7 atom stereocenters. The van der Waals surface area contributed by atoms with E-state index in [1.54, 1.807) is 12.4 Å². The van der Waals surface area contributed by atoms with Gasteiger partial charge in [-0.2, -0.15) is 10.2 Å². The summed E-state index contributed by atoms with van der Waals surface area (Å²) in [6, 6.07) is 1.85. The number of aromatic nitrogens is 2. The van der Waals surface area contributed by atoms with Crippen molar-refractivity contribution in [3.8, 4) is 0 Å². The number of nitrogens with zero attached hydrogens (tertiary/aromatic N) is 2. The van der Waals surface area contributed by atoms with Crippen LogP contribution < -0.4 is 0 Å². The molecule has 0 spiro atoms. The second-order valence-corrected chi connectivity index (χ2v) is 10.3. The molecule has 5 rings (SSSR count). The van der Waals surface area contributed by atoms with Crippen molar-refractivity contribution in [3.63, 3.8) is 0 Å². The van der Waals surface area contributed by atoms with E-state index in [1.165, 1.54) is 5.57 Å². The molecule has 1 aromatic rings. The summed E-state index contributed by atoms with van der Waals surface area (Å²) in [4.78, 5) is 0. The number of fused-ring (bicyclic) bond motifs is 5. The molecule has 3 N–H and O–H groups in total. The van der Waals surface area contributed by atoms with Gasteiger partial charge >= 0.3 is 0 Å². The van der Waals surface area contributed by atoms with E-state index >= 15 is 0 Å². The first-order valence-corrected chi connectivity index (χ1v) is 10.9. The molecule has 2 unspecified atom stereocenters. The third-order valence-electron chi connectivity index (χ3n) is 9.48. The zero-order chi connectivity index (χ0) is 19.8. The molecule has 0 radical (unpaired) electrons. The molecular formula is C23H32N2O3. The first-order valence-electron chi connectivity index (χ1n) is 10.9. The predicted molar refractivity (Wildman–Crippen MR) is 105 cm³/mol. The summed E-state index contributed by atoms with van der Waals surface area (Å²) in [5.74, 6) is 0.600. The minimum Gasteiger partial charge on any atom is -0.389 e. The van der Waals surface area contributed by atoms with Crippen LogP contribution in [0.25, 0.3) is 0 Å². The Balaban J connectivity index is 1.55. The van der Waals surface area contributed by atoms with E-state index in [1.807, 2.05) is 6.07 Å². The Hall–Kier alpha value is -1.30. The van der Waals surface area contributed by atoms with Crippen LogP contribution in [0, 0.1) is 22.7 Å². The fourth-order valence-corrected chi connectivity index (χ4v) is 7.70. The molecule has 1 heterocycles. The third-order valence-corrected chi connectivity index (χ3v) is 9.48. The van der Waals surface area contributed by atoms with Crippen molar-refractivity contribution < 1.29 is 15.3 Å². The SMILES string of the molecule is C[C@]12CCC(O)C=C1CC[C@@H]1[C@H]2CC[C@]2(C)C(O)(c3ccnnc3)CC[C@@]12O. The van der Waals surface area contributed by atoms with Crippen molar-refractivity contribution in [1.29, 1.82) is 0 Å². The molecule has 28 heavy (non-hydrogen) atoms. The Morgan fingerprint density at radius 3 is 2.54 bits per heavy atom. The number of hydrogen-bond acceptors (Lipinski definition) is 5. The Labute approximate surface area is 166 Å². The van der Waals surface area contributed by atoms with E-state index in [4.69, 9.17) is 0 Å². The van der Waals surface area contributed by atoms with Gasteiger partial charge in [0.1, 0.15) is 0 Å². The normalized spacial score (nSPS) is 50.3. The first kappa shape index (κ1) is 18.7. The maximum absolute atomic E-state index is 12.2. The summed E-state index contributed by atoms with van der Waals surface area (Å²) < 4.78 is 0. The minimum atomic E-state index is -1.07. The van der Waals surface area contributed by atoms with Crippen molar-refractivity contribution in [2.24, 2.45) is 22.7 Å². The monoisotopic (exact) mass is 384 g/mol. The number of rotatable bonds is 1. The molecule has 5 heteroatoms. The molecule has 0 bridgehead atoms. The lowest BCUT2D eigenvalue weighted by Gasteiger charge is -2.62. The fraction of sp³-hybridized carbons (Fsp3) is 0.739. The summed E-state index contributed by atoms with van der Waals surface area (Å²) in [6.07, 6.45) is 11.8. The lowest BCUT2D eigenvalue weighted by atomic mass is 9.44. The van der Waals surface area contributed by atoms with Crippen molar-refractivity contribution in [2.75, 3.05) is 0 Å². The molecular weight excluding hydrogens is 352 g/mol. The van der Waals surface area contributed by atoms with Gasteiger partial charge in [-0.05, 0) is 74.7 Å². The summed E-state index contributed by atoms with van der Waals surface area (Å²) >= 11 is 0. The summed E-state index contributed by atoms with van der Waals surface area (Å²) in [7, 11) is 0. The van der Waals surface area contributed by atoms with Crippen LogP contribution in [0.2, 0.25) is 0 Å². The van der Waals surface area contributed by atoms with E-state index < -0.39 is 16.6 Å². The van der Waals surface area contributed by atoms with Crippen LogP contribution in [0.3, 0.4) is 0 Å². The van der Waals surface area contributed by atoms with E-state index in [0.717, 1.165) is 44.1 Å². The van der Waals surface area contributed by atoms with E-state index in [2.05, 4.69) is 30.1 Å². The zero-order valence-corrected chi connectivity index (χ0v) is 16.9. The van der Waals surface area contributed by atoms with Crippen LogP contribution in [0.5, 0.6) is 0 Å². The Morgan fingerprint density at radius 1 is 0.964 bits per heavy atom. The molecule has 152 valence electrons. The topological polar surface area (TPSA) is 86.5 Å². The van der Waals surface area contributed by atoms with Crippen molar-refractivity contribution in [1.82, 2.24) is 10.2 Å². The van der Waals surface area contributed by atoms with E-state index in [9.17, 15) is 15.3 Å².